The highest BCUT2D eigenvalue weighted by Gasteiger charge is 2.32. The van der Waals surface area contributed by atoms with Gasteiger partial charge in [0.15, 0.2) is 0 Å². The summed E-state index contributed by atoms with van der Waals surface area (Å²) in [6, 6.07) is 16.9. The molecule has 5 rings (SSSR count). The number of likely N-dealkylation sites (tertiary alicyclic amines) is 1. The topological polar surface area (TPSA) is 45.7 Å². The number of halogens is 3. The summed E-state index contributed by atoms with van der Waals surface area (Å²) in [6.07, 6.45) is 8.94. The maximum absolute atomic E-state index is 13.5. The van der Waals surface area contributed by atoms with E-state index in [0.29, 0.717) is 29.6 Å². The minimum absolute atomic E-state index is 0.0927. The Balaban J connectivity index is 1.28. The second kappa shape index (κ2) is 12.7. The van der Waals surface area contributed by atoms with E-state index in [0.717, 1.165) is 43.6 Å². The number of rotatable bonds is 8. The zero-order valence-corrected chi connectivity index (χ0v) is 22.4. The second-order valence-corrected chi connectivity index (χ2v) is 10.6. The van der Waals surface area contributed by atoms with Crippen molar-refractivity contribution < 1.29 is 22.7 Å². The number of alkyl halides is 3. The van der Waals surface area contributed by atoms with Crippen molar-refractivity contribution in [3.63, 3.8) is 0 Å². The summed E-state index contributed by atoms with van der Waals surface area (Å²) in [5, 5.41) is 0. The number of nitrogens with zero attached hydrogens (tertiary/aromatic N) is 3. The number of carbonyl (C=O) groups is 1. The highest BCUT2D eigenvalue weighted by atomic mass is 19.4. The summed E-state index contributed by atoms with van der Waals surface area (Å²) in [7, 11) is 0. The van der Waals surface area contributed by atoms with E-state index >= 15 is 0 Å². The Morgan fingerprint density at radius 2 is 1.52 bits per heavy atom. The van der Waals surface area contributed by atoms with Crippen LogP contribution in [0.15, 0.2) is 79.1 Å². The molecule has 1 aromatic heterocycles. The van der Waals surface area contributed by atoms with E-state index in [4.69, 9.17) is 4.74 Å². The molecule has 1 aliphatic carbocycles. The first-order valence-electron chi connectivity index (χ1n) is 13.9. The molecule has 2 aliphatic rings. The molecular formula is C32H34F3N3O2. The average molecular weight is 550 g/mol. The van der Waals surface area contributed by atoms with Crippen molar-refractivity contribution in [2.75, 3.05) is 13.1 Å². The van der Waals surface area contributed by atoms with Gasteiger partial charge < -0.3 is 14.5 Å². The Morgan fingerprint density at radius 1 is 0.900 bits per heavy atom. The summed E-state index contributed by atoms with van der Waals surface area (Å²) in [5.41, 5.74) is 0.828. The Bertz CT molecular complexity index is 1260. The lowest BCUT2D eigenvalue weighted by Crippen LogP contribution is -2.48. The number of aromatic nitrogens is 1. The van der Waals surface area contributed by atoms with Crippen LogP contribution in [0.4, 0.5) is 13.2 Å². The lowest BCUT2D eigenvalue weighted by atomic mass is 9.99. The molecule has 2 aromatic carbocycles. The van der Waals surface area contributed by atoms with Gasteiger partial charge in [-0.25, -0.2) is 0 Å². The molecule has 0 bridgehead atoms. The SMILES string of the molecule is O=C(/C=C/c1ccc(C(F)(F)F)cc1)N(Cc1ccc(Oc2ccncc2)cc1)C1CCN(C2CCCC2)CC1. The Hall–Kier alpha value is -3.65. The van der Waals surface area contributed by atoms with Gasteiger partial charge in [-0.1, -0.05) is 37.1 Å². The average Bonchev–Trinajstić information content (AvgIpc) is 3.51. The van der Waals surface area contributed by atoms with Crippen molar-refractivity contribution in [2.24, 2.45) is 0 Å². The molecule has 8 heteroatoms. The fourth-order valence-corrected chi connectivity index (χ4v) is 5.67. The van der Waals surface area contributed by atoms with Crippen molar-refractivity contribution in [2.45, 2.75) is 63.3 Å². The summed E-state index contributed by atoms with van der Waals surface area (Å²) < 4.78 is 44.6. The summed E-state index contributed by atoms with van der Waals surface area (Å²) in [5.74, 6) is 1.25. The van der Waals surface area contributed by atoms with Crippen LogP contribution in [0.1, 0.15) is 55.2 Å². The van der Waals surface area contributed by atoms with Gasteiger partial charge in [-0.2, -0.15) is 13.2 Å². The third-order valence-corrected chi connectivity index (χ3v) is 7.88. The highest BCUT2D eigenvalue weighted by molar-refractivity contribution is 5.92. The van der Waals surface area contributed by atoms with Gasteiger partial charge in [0.2, 0.25) is 5.91 Å². The molecule has 0 unspecified atom stereocenters. The number of hydrogen-bond donors (Lipinski definition) is 0. The molecule has 1 aliphatic heterocycles. The van der Waals surface area contributed by atoms with Crippen molar-refractivity contribution in [3.05, 3.63) is 95.8 Å². The maximum Gasteiger partial charge on any atom is 0.416 e. The lowest BCUT2D eigenvalue weighted by Gasteiger charge is -2.40. The first-order chi connectivity index (χ1) is 19.3. The monoisotopic (exact) mass is 549 g/mol. The first kappa shape index (κ1) is 27.9. The molecule has 3 aromatic rings. The molecule has 1 saturated carbocycles. The minimum Gasteiger partial charge on any atom is -0.457 e. The fourth-order valence-electron chi connectivity index (χ4n) is 5.67. The summed E-state index contributed by atoms with van der Waals surface area (Å²) in [4.78, 5) is 22.0. The van der Waals surface area contributed by atoms with E-state index in [1.807, 2.05) is 29.2 Å². The predicted octanol–water partition coefficient (Wildman–Crippen LogP) is 7.34. The van der Waals surface area contributed by atoms with E-state index < -0.39 is 11.7 Å². The molecule has 0 atom stereocenters. The van der Waals surface area contributed by atoms with Crippen molar-refractivity contribution in [1.82, 2.24) is 14.8 Å². The maximum atomic E-state index is 13.5. The number of amides is 1. The molecule has 0 radical (unpaired) electrons. The van der Waals surface area contributed by atoms with E-state index in [2.05, 4.69) is 9.88 Å². The second-order valence-electron chi connectivity index (χ2n) is 10.6. The quantitative estimate of drug-likeness (QED) is 0.276. The van der Waals surface area contributed by atoms with Crippen molar-refractivity contribution in [3.8, 4) is 11.5 Å². The Kier molecular flexibility index (Phi) is 8.85. The van der Waals surface area contributed by atoms with Crippen LogP contribution >= 0.6 is 0 Å². The fraction of sp³-hybridized carbons (Fsp3) is 0.375. The van der Waals surface area contributed by atoms with Crippen LogP contribution in [0.5, 0.6) is 11.5 Å². The van der Waals surface area contributed by atoms with Gasteiger partial charge in [0.1, 0.15) is 11.5 Å². The Labute approximate surface area is 233 Å². The summed E-state index contributed by atoms with van der Waals surface area (Å²) in [6.45, 7) is 2.39. The number of piperidine rings is 1. The van der Waals surface area contributed by atoms with Gasteiger partial charge in [0.05, 0.1) is 5.56 Å². The van der Waals surface area contributed by atoms with Crippen molar-refractivity contribution >= 4 is 12.0 Å². The molecule has 2 fully saturated rings. The van der Waals surface area contributed by atoms with Gasteiger partial charge in [-0.3, -0.25) is 9.78 Å². The highest BCUT2D eigenvalue weighted by Crippen LogP contribution is 2.30. The largest absolute Gasteiger partial charge is 0.457 e. The van der Waals surface area contributed by atoms with Crippen LogP contribution in [-0.4, -0.2) is 45.9 Å². The van der Waals surface area contributed by atoms with E-state index in [9.17, 15) is 18.0 Å². The molecule has 5 nitrogen and oxygen atoms in total. The molecule has 2 heterocycles. The number of carbonyl (C=O) groups excluding carboxylic acids is 1. The van der Waals surface area contributed by atoms with Crippen LogP contribution in [0.3, 0.4) is 0 Å². The Morgan fingerprint density at radius 3 is 2.15 bits per heavy atom. The van der Waals surface area contributed by atoms with Gasteiger partial charge in [0, 0.05) is 50.2 Å². The predicted molar refractivity (Wildman–Crippen MR) is 149 cm³/mol. The summed E-state index contributed by atoms with van der Waals surface area (Å²) >= 11 is 0. The van der Waals surface area contributed by atoms with Crippen LogP contribution in [0.2, 0.25) is 0 Å². The van der Waals surface area contributed by atoms with Gasteiger partial charge in [-0.15, -0.1) is 0 Å². The van der Waals surface area contributed by atoms with Gasteiger partial charge in [0.25, 0.3) is 0 Å². The third-order valence-electron chi connectivity index (χ3n) is 7.88. The zero-order chi connectivity index (χ0) is 28.0. The number of ether oxygens (including phenoxy) is 1. The van der Waals surface area contributed by atoms with E-state index in [1.165, 1.54) is 43.9 Å². The normalized spacial score (nSPS) is 17.4. The number of benzene rings is 2. The van der Waals surface area contributed by atoms with Gasteiger partial charge in [-0.05, 0) is 79.3 Å². The van der Waals surface area contributed by atoms with Crippen LogP contribution in [0.25, 0.3) is 6.08 Å². The lowest BCUT2D eigenvalue weighted by molar-refractivity contribution is -0.137. The van der Waals surface area contributed by atoms with E-state index in [1.54, 1.807) is 30.6 Å². The van der Waals surface area contributed by atoms with Crippen LogP contribution < -0.4 is 4.74 Å². The van der Waals surface area contributed by atoms with Crippen LogP contribution in [-0.2, 0) is 17.5 Å². The number of hydrogen-bond acceptors (Lipinski definition) is 4. The number of pyridine rings is 1. The molecule has 0 spiro atoms. The zero-order valence-electron chi connectivity index (χ0n) is 22.4. The first-order valence-corrected chi connectivity index (χ1v) is 13.9. The molecular weight excluding hydrogens is 515 g/mol. The standard InChI is InChI=1S/C32H34F3N3O2/c33-32(34,35)26-10-5-24(6-11-26)9-14-31(39)38(28-17-21-37(22-18-28)27-3-1-2-4-27)23-25-7-12-29(13-8-25)40-30-15-19-36-20-16-30/h5-16,19-20,27-28H,1-4,17-18,21-23H2/b14-9+. The molecule has 210 valence electrons. The van der Waals surface area contributed by atoms with Gasteiger partial charge >= 0.3 is 6.18 Å². The van der Waals surface area contributed by atoms with Crippen molar-refractivity contribution in [1.29, 1.82) is 0 Å². The van der Waals surface area contributed by atoms with E-state index in [-0.39, 0.29) is 11.9 Å². The molecule has 1 saturated heterocycles. The van der Waals surface area contributed by atoms with Crippen LogP contribution in [0, 0.1) is 0 Å². The minimum atomic E-state index is -4.39. The third kappa shape index (κ3) is 7.30. The molecule has 40 heavy (non-hydrogen) atoms. The molecule has 0 N–H and O–H groups in total. The smallest absolute Gasteiger partial charge is 0.416 e. The molecule has 1 amide bonds.